The number of primary sulfonamides is 1. The summed E-state index contributed by atoms with van der Waals surface area (Å²) in [6, 6.07) is 8.34. The van der Waals surface area contributed by atoms with E-state index in [9.17, 15) is 17.6 Å². The van der Waals surface area contributed by atoms with Gasteiger partial charge in [-0.05, 0) is 64.3 Å². The molecule has 3 rings (SSSR count). The van der Waals surface area contributed by atoms with E-state index in [0.29, 0.717) is 28.9 Å². The van der Waals surface area contributed by atoms with Gasteiger partial charge in [0.05, 0.1) is 9.37 Å². The maximum atomic E-state index is 13.1. The smallest absolute Gasteiger partial charge is 0.264 e. The lowest BCUT2D eigenvalue weighted by Crippen LogP contribution is -2.33. The van der Waals surface area contributed by atoms with E-state index in [1.807, 2.05) is 0 Å². The number of nitrogens with zero attached hydrogens (tertiary/aromatic N) is 1. The number of ether oxygens (including phenoxy) is 1. The molecule has 25 heavy (non-hydrogen) atoms. The van der Waals surface area contributed by atoms with Gasteiger partial charge in [0.25, 0.3) is 5.91 Å². The Morgan fingerprint density at radius 2 is 2.04 bits per heavy atom. The minimum atomic E-state index is -3.78. The average molecular weight is 429 g/mol. The summed E-state index contributed by atoms with van der Waals surface area (Å²) < 4.78 is 41.7. The zero-order valence-electron chi connectivity index (χ0n) is 12.9. The standard InChI is InChI=1S/C16H14BrFN2O4S/c17-13-8-11(18)1-4-15(13)24-9-16(21)20-6-5-10-7-12(25(19,22)23)2-3-14(10)20/h1-4,7-8H,5-6,9H2,(H2,19,22,23). The molecule has 0 atom stereocenters. The number of carbonyl (C=O) groups excluding carboxylic acids is 1. The lowest BCUT2D eigenvalue weighted by molar-refractivity contribution is -0.120. The van der Waals surface area contributed by atoms with Crippen LogP contribution in [0.4, 0.5) is 10.1 Å². The van der Waals surface area contributed by atoms with Crippen LogP contribution in [0.3, 0.4) is 0 Å². The van der Waals surface area contributed by atoms with Crippen LogP contribution in [0.1, 0.15) is 5.56 Å². The molecule has 0 saturated heterocycles. The number of carbonyl (C=O) groups is 1. The largest absolute Gasteiger partial charge is 0.483 e. The Kier molecular flexibility index (Phi) is 4.81. The molecule has 9 heteroatoms. The van der Waals surface area contributed by atoms with Crippen LogP contribution in [0.5, 0.6) is 5.75 Å². The van der Waals surface area contributed by atoms with Crippen molar-refractivity contribution in [1.29, 1.82) is 0 Å². The first-order chi connectivity index (χ1) is 11.8. The zero-order chi connectivity index (χ0) is 18.2. The first kappa shape index (κ1) is 17.8. The molecule has 0 spiro atoms. The van der Waals surface area contributed by atoms with Crippen molar-refractivity contribution >= 4 is 37.5 Å². The second-order valence-electron chi connectivity index (χ2n) is 5.49. The molecular weight excluding hydrogens is 415 g/mol. The highest BCUT2D eigenvalue weighted by molar-refractivity contribution is 9.10. The Hall–Kier alpha value is -1.97. The van der Waals surface area contributed by atoms with Gasteiger partial charge in [0.2, 0.25) is 10.0 Å². The number of halogens is 2. The van der Waals surface area contributed by atoms with E-state index >= 15 is 0 Å². The normalized spacial score (nSPS) is 13.6. The van der Waals surface area contributed by atoms with Crippen molar-refractivity contribution < 1.29 is 22.3 Å². The second kappa shape index (κ2) is 6.74. The van der Waals surface area contributed by atoms with Gasteiger partial charge in [0.1, 0.15) is 11.6 Å². The quantitative estimate of drug-likeness (QED) is 0.807. The van der Waals surface area contributed by atoms with E-state index in [2.05, 4.69) is 15.9 Å². The Morgan fingerprint density at radius 1 is 1.28 bits per heavy atom. The molecule has 132 valence electrons. The molecule has 1 heterocycles. The van der Waals surface area contributed by atoms with Gasteiger partial charge in [-0.3, -0.25) is 4.79 Å². The monoisotopic (exact) mass is 428 g/mol. The molecule has 0 radical (unpaired) electrons. The van der Waals surface area contributed by atoms with Crippen molar-refractivity contribution in [2.75, 3.05) is 18.1 Å². The van der Waals surface area contributed by atoms with Crippen molar-refractivity contribution in [3.05, 3.63) is 52.3 Å². The van der Waals surface area contributed by atoms with Crippen molar-refractivity contribution in [2.24, 2.45) is 5.14 Å². The molecule has 0 fully saturated rings. The van der Waals surface area contributed by atoms with Crippen LogP contribution in [0.15, 0.2) is 45.8 Å². The summed E-state index contributed by atoms with van der Waals surface area (Å²) in [4.78, 5) is 14.0. The molecule has 1 aliphatic heterocycles. The Balaban J connectivity index is 1.73. The molecule has 0 aliphatic carbocycles. The summed E-state index contributed by atoms with van der Waals surface area (Å²) in [5.74, 6) is -0.332. The predicted octanol–water partition coefficient (Wildman–Crippen LogP) is 2.20. The maximum Gasteiger partial charge on any atom is 0.264 e. The van der Waals surface area contributed by atoms with Crippen LogP contribution in [-0.2, 0) is 21.2 Å². The summed E-state index contributed by atoms with van der Waals surface area (Å²) in [6.07, 6.45) is 0.532. The van der Waals surface area contributed by atoms with Crippen LogP contribution in [0.25, 0.3) is 0 Å². The van der Waals surface area contributed by atoms with Crippen LogP contribution in [-0.4, -0.2) is 27.5 Å². The van der Waals surface area contributed by atoms with Crippen LogP contribution >= 0.6 is 15.9 Å². The fourth-order valence-electron chi connectivity index (χ4n) is 2.62. The van der Waals surface area contributed by atoms with E-state index in [1.54, 1.807) is 6.07 Å². The fourth-order valence-corrected chi connectivity index (χ4v) is 3.65. The average Bonchev–Trinajstić information content (AvgIpc) is 2.96. The summed E-state index contributed by atoms with van der Waals surface area (Å²) >= 11 is 3.17. The minimum absolute atomic E-state index is 0.0204. The van der Waals surface area contributed by atoms with Gasteiger partial charge >= 0.3 is 0 Å². The van der Waals surface area contributed by atoms with Crippen LogP contribution < -0.4 is 14.8 Å². The molecule has 0 aromatic heterocycles. The highest BCUT2D eigenvalue weighted by Crippen LogP contribution is 2.30. The van der Waals surface area contributed by atoms with Crippen molar-refractivity contribution in [1.82, 2.24) is 0 Å². The lowest BCUT2D eigenvalue weighted by atomic mass is 10.2. The van der Waals surface area contributed by atoms with E-state index in [4.69, 9.17) is 9.88 Å². The third-order valence-electron chi connectivity index (χ3n) is 3.82. The van der Waals surface area contributed by atoms with Crippen LogP contribution in [0.2, 0.25) is 0 Å². The third-order valence-corrected chi connectivity index (χ3v) is 5.35. The topological polar surface area (TPSA) is 89.7 Å². The number of benzene rings is 2. The number of hydrogen-bond acceptors (Lipinski definition) is 4. The van der Waals surface area contributed by atoms with Gasteiger partial charge < -0.3 is 9.64 Å². The highest BCUT2D eigenvalue weighted by atomic mass is 79.9. The molecule has 0 saturated carbocycles. The van der Waals surface area contributed by atoms with E-state index < -0.39 is 15.8 Å². The number of amides is 1. The van der Waals surface area contributed by atoms with Gasteiger partial charge in [-0.15, -0.1) is 0 Å². The van der Waals surface area contributed by atoms with E-state index in [1.165, 1.54) is 35.2 Å². The first-order valence-corrected chi connectivity index (χ1v) is 9.63. The number of nitrogens with two attached hydrogens (primary N) is 1. The summed E-state index contributed by atoms with van der Waals surface area (Å²) in [5.41, 5.74) is 1.38. The van der Waals surface area contributed by atoms with Gasteiger partial charge in [0.15, 0.2) is 6.61 Å². The van der Waals surface area contributed by atoms with E-state index in [0.717, 1.165) is 5.56 Å². The summed E-state index contributed by atoms with van der Waals surface area (Å²) in [5, 5.41) is 5.12. The van der Waals surface area contributed by atoms with Gasteiger partial charge in [0, 0.05) is 12.2 Å². The van der Waals surface area contributed by atoms with Gasteiger partial charge in [-0.1, -0.05) is 0 Å². The zero-order valence-corrected chi connectivity index (χ0v) is 15.3. The predicted molar refractivity (Wildman–Crippen MR) is 93.5 cm³/mol. The third kappa shape index (κ3) is 3.83. The Labute approximate surface area is 152 Å². The lowest BCUT2D eigenvalue weighted by Gasteiger charge is -2.18. The number of rotatable bonds is 4. The molecule has 1 amide bonds. The van der Waals surface area contributed by atoms with Gasteiger partial charge in [-0.25, -0.2) is 17.9 Å². The first-order valence-electron chi connectivity index (χ1n) is 7.29. The Morgan fingerprint density at radius 3 is 2.72 bits per heavy atom. The summed E-state index contributed by atoms with van der Waals surface area (Å²) in [7, 11) is -3.78. The molecule has 2 aromatic carbocycles. The van der Waals surface area contributed by atoms with E-state index in [-0.39, 0.29) is 17.4 Å². The molecule has 0 bridgehead atoms. The summed E-state index contributed by atoms with van der Waals surface area (Å²) in [6.45, 7) is 0.205. The minimum Gasteiger partial charge on any atom is -0.483 e. The molecule has 2 aromatic rings. The number of fused-ring (bicyclic) bond motifs is 1. The highest BCUT2D eigenvalue weighted by Gasteiger charge is 2.26. The number of hydrogen-bond donors (Lipinski definition) is 1. The Bertz CT molecular complexity index is 949. The maximum absolute atomic E-state index is 13.1. The van der Waals surface area contributed by atoms with Crippen molar-refractivity contribution in [2.45, 2.75) is 11.3 Å². The van der Waals surface area contributed by atoms with Gasteiger partial charge in [-0.2, -0.15) is 0 Å². The van der Waals surface area contributed by atoms with Crippen molar-refractivity contribution in [3.8, 4) is 5.75 Å². The molecule has 1 aliphatic rings. The SMILES string of the molecule is NS(=O)(=O)c1ccc2c(c1)CCN2C(=O)COc1ccc(F)cc1Br. The fraction of sp³-hybridized carbons (Fsp3) is 0.188. The van der Waals surface area contributed by atoms with Crippen molar-refractivity contribution in [3.63, 3.8) is 0 Å². The second-order valence-corrected chi connectivity index (χ2v) is 7.91. The number of sulfonamides is 1. The molecular formula is C16H14BrFN2O4S. The molecule has 2 N–H and O–H groups in total. The molecule has 6 nitrogen and oxygen atoms in total. The van der Waals surface area contributed by atoms with Crippen LogP contribution in [0, 0.1) is 5.82 Å². The molecule has 0 unspecified atom stereocenters. The number of anilines is 1.